The van der Waals surface area contributed by atoms with Crippen molar-refractivity contribution < 1.29 is 19.1 Å². The molecule has 0 aromatic heterocycles. The molecule has 1 saturated heterocycles. The first-order valence-electron chi connectivity index (χ1n) is 7.65. The average molecular weight is 331 g/mol. The van der Waals surface area contributed by atoms with Crippen molar-refractivity contribution >= 4 is 17.5 Å². The van der Waals surface area contributed by atoms with E-state index in [2.05, 4.69) is 11.2 Å². The van der Waals surface area contributed by atoms with Gasteiger partial charge in [-0.15, -0.1) is 6.42 Å². The summed E-state index contributed by atoms with van der Waals surface area (Å²) in [5.41, 5.74) is 6.25. The molecule has 1 fully saturated rings. The van der Waals surface area contributed by atoms with Crippen LogP contribution >= 0.6 is 0 Å². The normalized spacial score (nSPS) is 18.4. The smallest absolute Gasteiger partial charge is 0.313 e. The highest BCUT2D eigenvalue weighted by Gasteiger charge is 2.29. The zero-order valence-electron chi connectivity index (χ0n) is 13.5. The summed E-state index contributed by atoms with van der Waals surface area (Å²) >= 11 is 0. The second-order valence-corrected chi connectivity index (χ2v) is 5.49. The van der Waals surface area contributed by atoms with Crippen LogP contribution in [0.1, 0.15) is 6.92 Å². The van der Waals surface area contributed by atoms with E-state index in [0.29, 0.717) is 31.1 Å². The number of carbonyl (C=O) groups is 2. The first-order valence-corrected chi connectivity index (χ1v) is 7.65. The number of nitrogens with one attached hydrogen (secondary N) is 1. The second-order valence-electron chi connectivity index (χ2n) is 5.49. The fraction of sp³-hybridized carbons (Fsp3) is 0.412. The molecule has 1 aliphatic heterocycles. The summed E-state index contributed by atoms with van der Waals surface area (Å²) in [4.78, 5) is 25.9. The maximum Gasteiger partial charge on any atom is 0.313 e. The molecule has 1 aromatic carbocycles. The van der Waals surface area contributed by atoms with Gasteiger partial charge in [-0.05, 0) is 19.1 Å². The van der Waals surface area contributed by atoms with Crippen LogP contribution in [0.5, 0.6) is 5.75 Å². The molecule has 1 aromatic rings. The number of ether oxygens (including phenoxy) is 2. The van der Waals surface area contributed by atoms with Crippen LogP contribution in [0.15, 0.2) is 24.3 Å². The van der Waals surface area contributed by atoms with Gasteiger partial charge >= 0.3 is 11.8 Å². The Balaban J connectivity index is 1.96. The predicted molar refractivity (Wildman–Crippen MR) is 89.4 cm³/mol. The van der Waals surface area contributed by atoms with Crippen molar-refractivity contribution in [2.24, 2.45) is 5.73 Å². The molecule has 24 heavy (non-hydrogen) atoms. The number of morpholine rings is 1. The maximum absolute atomic E-state index is 12.3. The van der Waals surface area contributed by atoms with Crippen molar-refractivity contribution in [1.82, 2.24) is 4.90 Å². The number of carbonyl (C=O) groups excluding carboxylic acids is 2. The zero-order valence-corrected chi connectivity index (χ0v) is 13.5. The van der Waals surface area contributed by atoms with E-state index in [0.717, 1.165) is 0 Å². The van der Waals surface area contributed by atoms with Crippen molar-refractivity contribution in [3.8, 4) is 18.1 Å². The second kappa shape index (κ2) is 8.34. The van der Waals surface area contributed by atoms with Gasteiger partial charge in [0.1, 0.15) is 12.4 Å². The van der Waals surface area contributed by atoms with Gasteiger partial charge in [0.25, 0.3) is 0 Å². The molecule has 7 nitrogen and oxygen atoms in total. The Bertz CT molecular complexity index is 639. The van der Waals surface area contributed by atoms with Crippen molar-refractivity contribution in [2.45, 2.75) is 19.1 Å². The summed E-state index contributed by atoms with van der Waals surface area (Å²) < 4.78 is 10.8. The maximum atomic E-state index is 12.3. The molecular formula is C17H21N3O4. The first kappa shape index (κ1) is 17.8. The van der Waals surface area contributed by atoms with E-state index in [1.165, 1.54) is 4.90 Å². The van der Waals surface area contributed by atoms with Crippen LogP contribution in [-0.2, 0) is 14.3 Å². The van der Waals surface area contributed by atoms with Crippen LogP contribution in [0.4, 0.5) is 5.69 Å². The van der Waals surface area contributed by atoms with Crippen LogP contribution in [0.2, 0.25) is 0 Å². The molecule has 2 amide bonds. The Labute approximate surface area is 141 Å². The summed E-state index contributed by atoms with van der Waals surface area (Å²) in [6.45, 7) is 2.96. The number of hydrogen-bond acceptors (Lipinski definition) is 5. The Morgan fingerprint density at radius 2 is 2.38 bits per heavy atom. The molecule has 3 N–H and O–H groups in total. The SMILES string of the molecule is C#CCOc1cccc(NC(=O)C(=O)N2CCOC(C(C)N)C2)c1. The summed E-state index contributed by atoms with van der Waals surface area (Å²) in [5, 5.41) is 2.57. The van der Waals surface area contributed by atoms with Crippen LogP contribution in [0.25, 0.3) is 0 Å². The van der Waals surface area contributed by atoms with Gasteiger partial charge in [-0.1, -0.05) is 12.0 Å². The fourth-order valence-corrected chi connectivity index (χ4v) is 2.29. The molecule has 1 aliphatic rings. The number of terminal acetylenes is 1. The summed E-state index contributed by atoms with van der Waals surface area (Å²) in [5.74, 6) is 1.55. The highest BCUT2D eigenvalue weighted by Crippen LogP contribution is 2.17. The van der Waals surface area contributed by atoms with Crippen molar-refractivity contribution in [1.29, 1.82) is 0 Å². The number of anilines is 1. The number of benzene rings is 1. The van der Waals surface area contributed by atoms with Gasteiger partial charge in [0.2, 0.25) is 0 Å². The summed E-state index contributed by atoms with van der Waals surface area (Å²) in [6, 6.07) is 6.47. The highest BCUT2D eigenvalue weighted by atomic mass is 16.5. The van der Waals surface area contributed by atoms with Gasteiger partial charge in [0.15, 0.2) is 0 Å². The topological polar surface area (TPSA) is 93.9 Å². The van der Waals surface area contributed by atoms with E-state index >= 15 is 0 Å². The minimum atomic E-state index is -0.713. The van der Waals surface area contributed by atoms with E-state index in [1.54, 1.807) is 31.2 Å². The molecule has 0 spiro atoms. The van der Waals surface area contributed by atoms with E-state index in [1.807, 2.05) is 0 Å². The Hall–Kier alpha value is -2.56. The molecule has 2 unspecified atom stereocenters. The third kappa shape index (κ3) is 4.72. The van der Waals surface area contributed by atoms with Gasteiger partial charge in [-0.25, -0.2) is 0 Å². The van der Waals surface area contributed by atoms with Gasteiger partial charge in [0.05, 0.1) is 12.7 Å². The third-order valence-corrected chi connectivity index (χ3v) is 3.58. The number of nitrogens with two attached hydrogens (primary N) is 1. The van der Waals surface area contributed by atoms with E-state index < -0.39 is 11.8 Å². The van der Waals surface area contributed by atoms with Crippen LogP contribution in [-0.4, -0.2) is 55.2 Å². The lowest BCUT2D eigenvalue weighted by Crippen LogP contribution is -2.53. The van der Waals surface area contributed by atoms with Gasteiger partial charge in [-0.3, -0.25) is 9.59 Å². The number of amides is 2. The Kier molecular flexibility index (Phi) is 6.18. The lowest BCUT2D eigenvalue weighted by Gasteiger charge is -2.34. The largest absolute Gasteiger partial charge is 0.481 e. The summed E-state index contributed by atoms with van der Waals surface area (Å²) in [6.07, 6.45) is 4.87. The molecule has 2 atom stereocenters. The van der Waals surface area contributed by atoms with E-state index in [-0.39, 0.29) is 18.8 Å². The highest BCUT2D eigenvalue weighted by molar-refractivity contribution is 6.39. The van der Waals surface area contributed by atoms with Crippen LogP contribution in [0.3, 0.4) is 0 Å². The van der Waals surface area contributed by atoms with Crippen LogP contribution < -0.4 is 15.8 Å². The molecule has 2 rings (SSSR count). The Morgan fingerprint density at radius 3 is 3.08 bits per heavy atom. The molecule has 1 heterocycles. The lowest BCUT2D eigenvalue weighted by atomic mass is 10.1. The standard InChI is InChI=1S/C17H21N3O4/c1-3-8-23-14-6-4-5-13(10-14)19-16(21)17(22)20-7-9-24-15(11-20)12(2)18/h1,4-6,10,12,15H,7-9,11,18H2,2H3,(H,19,21). The number of hydrogen-bond donors (Lipinski definition) is 2. The van der Waals surface area contributed by atoms with Gasteiger partial charge < -0.3 is 25.4 Å². The molecule has 128 valence electrons. The Morgan fingerprint density at radius 1 is 1.58 bits per heavy atom. The fourth-order valence-electron chi connectivity index (χ4n) is 2.29. The van der Waals surface area contributed by atoms with Crippen molar-refractivity contribution in [2.75, 3.05) is 31.6 Å². The lowest BCUT2D eigenvalue weighted by molar-refractivity contribution is -0.148. The first-order chi connectivity index (χ1) is 11.5. The molecule has 0 saturated carbocycles. The number of nitrogens with zero attached hydrogens (tertiary/aromatic N) is 1. The molecule has 0 radical (unpaired) electrons. The van der Waals surface area contributed by atoms with Crippen molar-refractivity contribution in [3.05, 3.63) is 24.3 Å². The van der Waals surface area contributed by atoms with Crippen LogP contribution in [0, 0.1) is 12.3 Å². The van der Waals surface area contributed by atoms with Gasteiger partial charge in [0, 0.05) is 30.9 Å². The molecular weight excluding hydrogens is 310 g/mol. The molecule has 0 bridgehead atoms. The average Bonchev–Trinajstić information content (AvgIpc) is 2.59. The minimum absolute atomic E-state index is 0.128. The van der Waals surface area contributed by atoms with Crippen molar-refractivity contribution in [3.63, 3.8) is 0 Å². The van der Waals surface area contributed by atoms with Gasteiger partial charge in [-0.2, -0.15) is 0 Å². The third-order valence-electron chi connectivity index (χ3n) is 3.58. The predicted octanol–water partition coefficient (Wildman–Crippen LogP) is 0.212. The van der Waals surface area contributed by atoms with E-state index in [4.69, 9.17) is 21.6 Å². The minimum Gasteiger partial charge on any atom is -0.481 e. The van der Waals surface area contributed by atoms with E-state index in [9.17, 15) is 9.59 Å². The molecule has 0 aliphatic carbocycles. The quantitative estimate of drug-likeness (QED) is 0.608. The number of rotatable bonds is 4. The molecule has 7 heteroatoms. The zero-order chi connectivity index (χ0) is 17.5. The monoisotopic (exact) mass is 331 g/mol. The summed E-state index contributed by atoms with van der Waals surface area (Å²) in [7, 11) is 0.